The van der Waals surface area contributed by atoms with Crippen LogP contribution in [0.2, 0.25) is 0 Å². The Labute approximate surface area is 211 Å². The van der Waals surface area contributed by atoms with Crippen molar-refractivity contribution in [2.75, 3.05) is 13.7 Å². The molecule has 2 aromatic carbocycles. The van der Waals surface area contributed by atoms with Crippen LogP contribution in [0.25, 0.3) is 0 Å². The van der Waals surface area contributed by atoms with Gasteiger partial charge in [0.2, 0.25) is 0 Å². The summed E-state index contributed by atoms with van der Waals surface area (Å²) in [5.41, 5.74) is -1.41. The van der Waals surface area contributed by atoms with Crippen molar-refractivity contribution in [3.63, 3.8) is 0 Å². The van der Waals surface area contributed by atoms with Crippen molar-refractivity contribution < 1.29 is 33.2 Å². The Balaban J connectivity index is 1.50. The molecule has 0 amide bonds. The number of esters is 1. The van der Waals surface area contributed by atoms with Crippen LogP contribution in [0.1, 0.15) is 32.1 Å². The Bertz CT molecular complexity index is 1100. The van der Waals surface area contributed by atoms with Crippen molar-refractivity contribution in [1.29, 1.82) is 0 Å². The molecule has 1 spiro atoms. The fourth-order valence-corrected chi connectivity index (χ4v) is 7.43. The molecule has 2 aromatic rings. The van der Waals surface area contributed by atoms with E-state index in [4.69, 9.17) is 34.8 Å². The van der Waals surface area contributed by atoms with Gasteiger partial charge in [-0.15, -0.1) is 0 Å². The molecular weight excluding hydrogens is 515 g/mol. The topological polar surface area (TPSA) is 72.5 Å². The van der Waals surface area contributed by atoms with E-state index >= 15 is 0 Å². The first-order valence-corrected chi connectivity index (χ1v) is 13.4. The van der Waals surface area contributed by atoms with Crippen LogP contribution in [0, 0.1) is 18.3 Å². The first-order valence-electron chi connectivity index (χ1n) is 11.5. The van der Waals surface area contributed by atoms with Crippen LogP contribution in [0.4, 0.5) is 0 Å². The van der Waals surface area contributed by atoms with Crippen LogP contribution in [0.15, 0.2) is 54.6 Å². The van der Waals surface area contributed by atoms with Crippen molar-refractivity contribution in [2.45, 2.75) is 55.2 Å². The second kappa shape index (κ2) is 9.59. The molecule has 0 aliphatic carbocycles. The van der Waals surface area contributed by atoms with Crippen LogP contribution in [-0.4, -0.2) is 63.2 Å². The third kappa shape index (κ3) is 4.38. The Kier molecular flexibility index (Phi) is 6.67. The second-order valence-electron chi connectivity index (χ2n) is 9.00. The molecule has 184 valence electrons. The van der Waals surface area contributed by atoms with E-state index in [1.165, 1.54) is 11.4 Å². The Hall–Kier alpha value is -2.37. The summed E-state index contributed by atoms with van der Waals surface area (Å²) in [6.45, 7) is 3.42. The maximum absolute atomic E-state index is 12.1. The van der Waals surface area contributed by atoms with Crippen molar-refractivity contribution in [2.24, 2.45) is 5.92 Å². The average Bonchev–Trinajstić information content (AvgIpc) is 3.40. The van der Waals surface area contributed by atoms with Gasteiger partial charge in [0.05, 0.1) is 0 Å². The molecule has 8 heteroatoms. The molecule has 3 unspecified atom stereocenters. The molecule has 0 saturated carbocycles. The molecule has 0 bridgehead atoms. The van der Waals surface area contributed by atoms with E-state index < -0.39 is 41.8 Å². The van der Waals surface area contributed by atoms with Gasteiger partial charge in [-0.1, -0.05) is 0 Å². The number of carbonyl (C=O) groups excluding carboxylic acids is 1. The van der Waals surface area contributed by atoms with E-state index in [9.17, 15) is 4.79 Å². The second-order valence-corrected chi connectivity index (χ2v) is 11.6. The molecule has 0 radical (unpaired) electrons. The van der Waals surface area contributed by atoms with Gasteiger partial charge in [-0.05, 0) is 0 Å². The number of ether oxygens (including phenoxy) is 6. The van der Waals surface area contributed by atoms with E-state index in [1.54, 1.807) is 14.0 Å². The Morgan fingerprint density at radius 1 is 1.17 bits per heavy atom. The quantitative estimate of drug-likeness (QED) is 0.315. The minimum atomic E-state index is -1.23. The van der Waals surface area contributed by atoms with Crippen LogP contribution >= 0.6 is 0 Å². The standard InChI is InChI=1S/C27H28O7Se/c1-5-26(3,33-17(2)28)21-15-23(35-20-9-7-6-8-10-20)32-25-27(21)22(16-30-25)31-24(34-27)18-11-13-19(29-4)14-12-18/h1,6-14,21-25H,15-16H2,2-4H3/t21-,22-,23?,24?,25+,26?,27-/m1/s1. The SMILES string of the molecule is C#CC(C)(OC(C)=O)[C@H]1CC([Se]c2ccccc2)O[C@@H]2OC[C@H]3OC(c4ccc(OC)cc4)O[C@]213. The zero-order chi connectivity index (χ0) is 24.6. The van der Waals surface area contributed by atoms with Gasteiger partial charge in [-0.3, -0.25) is 0 Å². The fraction of sp³-hybridized carbons (Fsp3) is 0.444. The summed E-state index contributed by atoms with van der Waals surface area (Å²) >= 11 is -0.0108. The number of benzene rings is 2. The summed E-state index contributed by atoms with van der Waals surface area (Å²) in [5, 5.41) is -0.142. The first-order chi connectivity index (χ1) is 16.9. The number of carbonyl (C=O) groups is 1. The molecule has 3 heterocycles. The summed E-state index contributed by atoms with van der Waals surface area (Å²) in [6.07, 6.45) is 4.78. The van der Waals surface area contributed by atoms with E-state index in [2.05, 4.69) is 18.1 Å². The molecule has 0 aromatic heterocycles. The minimum absolute atomic E-state index is 0.0108. The predicted molar refractivity (Wildman–Crippen MR) is 128 cm³/mol. The first kappa shape index (κ1) is 24.3. The Morgan fingerprint density at radius 3 is 2.57 bits per heavy atom. The predicted octanol–water partition coefficient (Wildman–Crippen LogP) is 2.55. The van der Waals surface area contributed by atoms with Gasteiger partial charge in [-0.25, -0.2) is 0 Å². The molecule has 7 nitrogen and oxygen atoms in total. The van der Waals surface area contributed by atoms with Crippen molar-refractivity contribution in [3.8, 4) is 18.1 Å². The number of methoxy groups -OCH3 is 1. The maximum atomic E-state index is 12.1. The van der Waals surface area contributed by atoms with Gasteiger partial charge in [-0.2, -0.15) is 0 Å². The summed E-state index contributed by atoms with van der Waals surface area (Å²) in [4.78, 5) is 12.1. The molecule has 3 fully saturated rings. The van der Waals surface area contributed by atoms with E-state index in [0.717, 1.165) is 11.3 Å². The van der Waals surface area contributed by atoms with E-state index in [0.29, 0.717) is 13.0 Å². The molecule has 7 atom stereocenters. The van der Waals surface area contributed by atoms with Gasteiger partial charge < -0.3 is 0 Å². The number of hydrogen-bond acceptors (Lipinski definition) is 7. The zero-order valence-electron chi connectivity index (χ0n) is 19.8. The fourth-order valence-electron chi connectivity index (χ4n) is 5.20. The third-order valence-corrected chi connectivity index (χ3v) is 9.15. The molecule has 3 aliphatic rings. The summed E-state index contributed by atoms with van der Waals surface area (Å²) in [6, 6.07) is 17.7. The zero-order valence-corrected chi connectivity index (χ0v) is 21.6. The van der Waals surface area contributed by atoms with Gasteiger partial charge in [0.1, 0.15) is 0 Å². The number of rotatable bonds is 6. The average molecular weight is 543 g/mol. The number of terminal acetylenes is 1. The molecule has 5 rings (SSSR count). The Morgan fingerprint density at radius 2 is 1.91 bits per heavy atom. The summed E-state index contributed by atoms with van der Waals surface area (Å²) < 4.78 is 37.9. The van der Waals surface area contributed by atoms with E-state index in [1.807, 2.05) is 42.5 Å². The van der Waals surface area contributed by atoms with Crippen molar-refractivity contribution >= 4 is 25.4 Å². The molecule has 3 saturated heterocycles. The van der Waals surface area contributed by atoms with Crippen molar-refractivity contribution in [1.82, 2.24) is 0 Å². The molecular formula is C27H28O7Se. The van der Waals surface area contributed by atoms with Crippen LogP contribution in [0.3, 0.4) is 0 Å². The van der Waals surface area contributed by atoms with Gasteiger partial charge in [0.25, 0.3) is 0 Å². The van der Waals surface area contributed by atoms with Gasteiger partial charge in [0.15, 0.2) is 0 Å². The third-order valence-electron chi connectivity index (χ3n) is 6.82. The molecule has 3 aliphatic heterocycles. The van der Waals surface area contributed by atoms with Crippen LogP contribution in [-0.2, 0) is 28.5 Å². The van der Waals surface area contributed by atoms with Gasteiger partial charge in [0, 0.05) is 0 Å². The number of hydrogen-bond donors (Lipinski definition) is 0. The van der Waals surface area contributed by atoms with Crippen molar-refractivity contribution in [3.05, 3.63) is 60.2 Å². The molecule has 0 N–H and O–H groups in total. The van der Waals surface area contributed by atoms with Crippen LogP contribution in [0.5, 0.6) is 5.75 Å². The monoisotopic (exact) mass is 544 g/mol. The summed E-state index contributed by atoms with van der Waals surface area (Å²) in [7, 11) is 1.62. The van der Waals surface area contributed by atoms with Crippen LogP contribution < -0.4 is 9.20 Å². The molecule has 35 heavy (non-hydrogen) atoms. The van der Waals surface area contributed by atoms with Gasteiger partial charge >= 0.3 is 212 Å². The summed E-state index contributed by atoms with van der Waals surface area (Å²) in [5.74, 6) is 2.64. The normalized spacial score (nSPS) is 33.1. The van der Waals surface area contributed by atoms with E-state index in [-0.39, 0.29) is 20.0 Å².